The molecular weight excluding hydrogens is 453 g/mol. The van der Waals surface area contributed by atoms with E-state index in [2.05, 4.69) is 45.0 Å². The van der Waals surface area contributed by atoms with Crippen molar-refractivity contribution in [3.05, 3.63) is 35.4 Å². The molecule has 176 valence electrons. The molecule has 0 aromatic heterocycles. The maximum atomic E-state index is 13.0. The van der Waals surface area contributed by atoms with Crippen molar-refractivity contribution in [3.63, 3.8) is 0 Å². The molecule has 0 amide bonds. The van der Waals surface area contributed by atoms with Gasteiger partial charge in [-0.2, -0.15) is 24.9 Å². The van der Waals surface area contributed by atoms with Crippen molar-refractivity contribution in [2.75, 3.05) is 17.3 Å². The van der Waals surface area contributed by atoms with E-state index in [-0.39, 0.29) is 0 Å². The summed E-state index contributed by atoms with van der Waals surface area (Å²) >= 11 is 3.59. The zero-order valence-electron chi connectivity index (χ0n) is 19.4. The van der Waals surface area contributed by atoms with E-state index in [9.17, 15) is 18.3 Å². The minimum atomic E-state index is -4.38. The van der Waals surface area contributed by atoms with Crippen LogP contribution in [-0.4, -0.2) is 35.2 Å². The Hall–Kier alpha value is -0.553. The largest absolute Gasteiger partial charge is 0.416 e. The van der Waals surface area contributed by atoms with Gasteiger partial charge in [-0.3, -0.25) is 0 Å². The molecule has 0 aliphatic rings. The molecule has 0 aliphatic carbocycles. The molecule has 1 aromatic rings. The number of thioether (sulfide) groups is 2. The Bertz CT molecular complexity index is 705. The van der Waals surface area contributed by atoms with Gasteiger partial charge in [0.25, 0.3) is 0 Å². The van der Waals surface area contributed by atoms with Gasteiger partial charge in [0, 0.05) is 11.5 Å². The molecule has 0 spiro atoms. The third-order valence-corrected chi connectivity index (χ3v) is 8.43. The average Bonchev–Trinajstić information content (AvgIpc) is 2.70. The number of aliphatic hydroxyl groups excluding tert-OH is 1. The Kier molecular flexibility index (Phi) is 12.2. The molecular formula is C24H37F3OS2Si. The quantitative estimate of drug-likeness (QED) is 0.183. The monoisotopic (exact) mass is 490 g/mol. The molecule has 2 unspecified atom stereocenters. The zero-order valence-corrected chi connectivity index (χ0v) is 22.1. The van der Waals surface area contributed by atoms with Crippen molar-refractivity contribution in [3.8, 4) is 11.5 Å². The lowest BCUT2D eigenvalue weighted by atomic mass is 9.90. The van der Waals surface area contributed by atoms with E-state index in [0.717, 1.165) is 42.2 Å². The smallest absolute Gasteiger partial charge is 0.386 e. The lowest BCUT2D eigenvalue weighted by Crippen LogP contribution is -2.33. The van der Waals surface area contributed by atoms with Gasteiger partial charge in [0.05, 0.1) is 5.56 Å². The van der Waals surface area contributed by atoms with E-state index >= 15 is 0 Å². The van der Waals surface area contributed by atoms with E-state index < -0.39 is 30.7 Å². The molecule has 0 fully saturated rings. The van der Waals surface area contributed by atoms with Crippen LogP contribution in [0.1, 0.15) is 63.2 Å². The van der Waals surface area contributed by atoms with Gasteiger partial charge in [-0.1, -0.05) is 70.8 Å². The van der Waals surface area contributed by atoms with Crippen molar-refractivity contribution < 1.29 is 18.3 Å². The Balaban J connectivity index is 3.20. The molecule has 31 heavy (non-hydrogen) atoms. The van der Waals surface area contributed by atoms with Crippen LogP contribution < -0.4 is 0 Å². The molecule has 1 aromatic carbocycles. The molecule has 0 saturated carbocycles. The number of hydrogen-bond donors (Lipinski definition) is 1. The van der Waals surface area contributed by atoms with Gasteiger partial charge in [0.2, 0.25) is 0 Å². The normalized spacial score (nSPS) is 15.1. The Morgan fingerprint density at radius 2 is 1.58 bits per heavy atom. The molecule has 0 heterocycles. The van der Waals surface area contributed by atoms with Crippen LogP contribution in [0.4, 0.5) is 13.2 Å². The topological polar surface area (TPSA) is 20.2 Å². The number of aliphatic hydroxyl groups is 1. The van der Waals surface area contributed by atoms with E-state index in [4.69, 9.17) is 0 Å². The van der Waals surface area contributed by atoms with Crippen LogP contribution in [0.3, 0.4) is 0 Å². The Labute approximate surface area is 196 Å². The number of halogens is 3. The van der Waals surface area contributed by atoms with Gasteiger partial charge in [-0.15, -0.1) is 17.3 Å². The highest BCUT2D eigenvalue weighted by Crippen LogP contribution is 2.43. The summed E-state index contributed by atoms with van der Waals surface area (Å²) < 4.78 is 38.2. The van der Waals surface area contributed by atoms with Crippen LogP contribution in [0.2, 0.25) is 19.6 Å². The van der Waals surface area contributed by atoms with Gasteiger partial charge >= 0.3 is 6.18 Å². The SMILES string of the molecule is CCCCSCCSC(C#C[Si](C)(C)C)(CCCC)C(O)c1ccc(C(F)(F)F)cc1. The van der Waals surface area contributed by atoms with Gasteiger partial charge in [0.1, 0.15) is 18.9 Å². The van der Waals surface area contributed by atoms with Crippen LogP contribution in [0.15, 0.2) is 24.3 Å². The fourth-order valence-electron chi connectivity index (χ4n) is 2.94. The highest BCUT2D eigenvalue weighted by atomic mass is 32.2. The first kappa shape index (κ1) is 28.5. The number of benzene rings is 1. The van der Waals surface area contributed by atoms with Gasteiger partial charge in [-0.05, 0) is 36.3 Å². The molecule has 7 heteroatoms. The van der Waals surface area contributed by atoms with Crippen LogP contribution >= 0.6 is 23.5 Å². The van der Waals surface area contributed by atoms with Crippen molar-refractivity contribution >= 4 is 31.6 Å². The predicted molar refractivity (Wildman–Crippen MR) is 134 cm³/mol. The fourth-order valence-corrected chi connectivity index (χ4v) is 6.20. The summed E-state index contributed by atoms with van der Waals surface area (Å²) in [4.78, 5) is 0. The lowest BCUT2D eigenvalue weighted by molar-refractivity contribution is -0.137. The molecule has 1 nitrogen and oxygen atoms in total. The van der Waals surface area contributed by atoms with Crippen LogP contribution in [0, 0.1) is 11.5 Å². The third kappa shape index (κ3) is 10.3. The van der Waals surface area contributed by atoms with Crippen LogP contribution in [-0.2, 0) is 6.18 Å². The number of alkyl halides is 3. The maximum Gasteiger partial charge on any atom is 0.416 e. The van der Waals surface area contributed by atoms with Crippen molar-refractivity contribution in [2.45, 2.75) is 82.6 Å². The van der Waals surface area contributed by atoms with Gasteiger partial charge < -0.3 is 5.11 Å². The second-order valence-corrected chi connectivity index (χ2v) is 16.2. The number of hydrogen-bond acceptors (Lipinski definition) is 3. The highest BCUT2D eigenvalue weighted by molar-refractivity contribution is 8.03. The second kappa shape index (κ2) is 13.2. The van der Waals surface area contributed by atoms with E-state index in [1.54, 1.807) is 11.8 Å². The Morgan fingerprint density at radius 3 is 2.10 bits per heavy atom. The molecule has 0 saturated heterocycles. The zero-order chi connectivity index (χ0) is 23.5. The molecule has 0 radical (unpaired) electrons. The molecule has 1 N–H and O–H groups in total. The second-order valence-electron chi connectivity index (χ2n) is 8.83. The molecule has 0 bridgehead atoms. The summed E-state index contributed by atoms with van der Waals surface area (Å²) in [5.74, 6) is 6.41. The van der Waals surface area contributed by atoms with Crippen LogP contribution in [0.5, 0.6) is 0 Å². The maximum absolute atomic E-state index is 13.0. The van der Waals surface area contributed by atoms with Gasteiger partial charge in [0.15, 0.2) is 0 Å². The third-order valence-electron chi connectivity index (χ3n) is 4.78. The van der Waals surface area contributed by atoms with Crippen molar-refractivity contribution in [1.29, 1.82) is 0 Å². The predicted octanol–water partition coefficient (Wildman–Crippen LogP) is 7.82. The molecule has 0 aliphatic heterocycles. The fraction of sp³-hybridized carbons (Fsp3) is 0.667. The number of unbranched alkanes of at least 4 members (excludes halogenated alkanes) is 2. The number of rotatable bonds is 12. The standard InChI is InChI=1S/C24H37F3OS2Si/c1-6-8-14-23(15-19-31(3,4)5,30-18-17-29-16-9-7-2)22(28)20-10-12-21(13-11-20)24(25,26)27/h10-13,22,28H,6-9,14,16-18H2,1-5H3. The first-order chi connectivity index (χ1) is 14.4. The summed E-state index contributed by atoms with van der Waals surface area (Å²) in [6.07, 6.45) is -0.348. The summed E-state index contributed by atoms with van der Waals surface area (Å²) in [6.45, 7) is 10.8. The molecule has 1 rings (SSSR count). The van der Waals surface area contributed by atoms with Crippen molar-refractivity contribution in [2.24, 2.45) is 0 Å². The average molecular weight is 491 g/mol. The Morgan fingerprint density at radius 1 is 0.968 bits per heavy atom. The summed E-state index contributed by atoms with van der Waals surface area (Å²) in [7, 11) is -1.69. The summed E-state index contributed by atoms with van der Waals surface area (Å²) in [5, 5.41) is 11.4. The van der Waals surface area contributed by atoms with Gasteiger partial charge in [-0.25, -0.2) is 0 Å². The van der Waals surface area contributed by atoms with Crippen LogP contribution in [0.25, 0.3) is 0 Å². The lowest BCUT2D eigenvalue weighted by Gasteiger charge is -2.34. The minimum absolute atomic E-state index is 0.500. The first-order valence-corrected chi connectivity index (χ1v) is 16.7. The summed E-state index contributed by atoms with van der Waals surface area (Å²) in [6, 6.07) is 4.92. The van der Waals surface area contributed by atoms with E-state index in [1.807, 2.05) is 11.8 Å². The van der Waals surface area contributed by atoms with E-state index in [1.165, 1.54) is 25.0 Å². The summed E-state index contributed by atoms with van der Waals surface area (Å²) in [5.41, 5.74) is 3.24. The first-order valence-electron chi connectivity index (χ1n) is 11.1. The molecule has 2 atom stereocenters. The highest BCUT2D eigenvalue weighted by Gasteiger charge is 2.38. The minimum Gasteiger partial charge on any atom is -0.386 e. The van der Waals surface area contributed by atoms with Crippen molar-refractivity contribution in [1.82, 2.24) is 0 Å². The van der Waals surface area contributed by atoms with E-state index in [0.29, 0.717) is 12.0 Å².